The lowest BCUT2D eigenvalue weighted by Crippen LogP contribution is -2.19. The highest BCUT2D eigenvalue weighted by molar-refractivity contribution is 5.28. The molecule has 1 aromatic heterocycles. The molecule has 0 saturated heterocycles. The molecule has 0 saturated carbocycles. The van der Waals surface area contributed by atoms with Gasteiger partial charge in [0.15, 0.2) is 0 Å². The van der Waals surface area contributed by atoms with Crippen molar-refractivity contribution in [2.24, 2.45) is 0 Å². The molecule has 1 heterocycles. The fourth-order valence-electron chi connectivity index (χ4n) is 1.89. The van der Waals surface area contributed by atoms with Crippen molar-refractivity contribution in [2.75, 3.05) is 0 Å². The number of halogens is 3. The largest absolute Gasteiger partial charge is 0.573 e. The summed E-state index contributed by atoms with van der Waals surface area (Å²) in [6, 6.07) is 9.79. The van der Waals surface area contributed by atoms with Gasteiger partial charge in [0.05, 0.1) is 0 Å². The molecule has 1 N–H and O–H groups in total. The van der Waals surface area contributed by atoms with Crippen LogP contribution in [0.4, 0.5) is 13.2 Å². The molecule has 6 heteroatoms. The molecule has 0 radical (unpaired) electrons. The van der Waals surface area contributed by atoms with Crippen molar-refractivity contribution in [2.45, 2.75) is 25.9 Å². The van der Waals surface area contributed by atoms with Gasteiger partial charge in [0, 0.05) is 25.0 Å². The summed E-state index contributed by atoms with van der Waals surface area (Å²) in [6.45, 7) is 2.42. The first-order valence-electron chi connectivity index (χ1n) is 6.42. The van der Waals surface area contributed by atoms with E-state index in [-0.39, 0.29) is 11.8 Å². The highest BCUT2D eigenvalue weighted by Crippen LogP contribution is 2.23. The predicted molar refractivity (Wildman–Crippen MR) is 72.6 cm³/mol. The lowest BCUT2D eigenvalue weighted by Gasteiger charge is -2.15. The number of rotatable bonds is 5. The number of pyridine rings is 1. The molecule has 21 heavy (non-hydrogen) atoms. The molecule has 1 atom stereocenters. The standard InChI is InChI=1S/C15H15F3N2O/c1-11(13-5-7-19-8-6-13)20-10-12-3-2-4-14(9-12)21-15(16,17)18/h2-9,11,20H,10H2,1H3/t11-/m0/s1. The third-order valence-corrected chi connectivity index (χ3v) is 2.95. The molecular weight excluding hydrogens is 281 g/mol. The van der Waals surface area contributed by atoms with E-state index in [1.807, 2.05) is 19.1 Å². The second-order valence-corrected chi connectivity index (χ2v) is 4.58. The highest BCUT2D eigenvalue weighted by Gasteiger charge is 2.31. The van der Waals surface area contributed by atoms with Crippen LogP contribution < -0.4 is 10.1 Å². The van der Waals surface area contributed by atoms with E-state index in [0.29, 0.717) is 6.54 Å². The van der Waals surface area contributed by atoms with Gasteiger partial charge in [-0.3, -0.25) is 4.98 Å². The first-order valence-corrected chi connectivity index (χ1v) is 6.42. The van der Waals surface area contributed by atoms with Crippen LogP contribution in [0.3, 0.4) is 0 Å². The Morgan fingerprint density at radius 3 is 2.57 bits per heavy atom. The zero-order valence-corrected chi connectivity index (χ0v) is 11.4. The molecule has 112 valence electrons. The monoisotopic (exact) mass is 296 g/mol. The van der Waals surface area contributed by atoms with E-state index >= 15 is 0 Å². The summed E-state index contributed by atoms with van der Waals surface area (Å²) in [5.41, 5.74) is 1.78. The van der Waals surface area contributed by atoms with Gasteiger partial charge in [-0.25, -0.2) is 0 Å². The van der Waals surface area contributed by atoms with Gasteiger partial charge in [-0.15, -0.1) is 13.2 Å². The van der Waals surface area contributed by atoms with Crippen LogP contribution in [0.5, 0.6) is 5.75 Å². The minimum Gasteiger partial charge on any atom is -0.406 e. The number of hydrogen-bond donors (Lipinski definition) is 1. The summed E-state index contributed by atoms with van der Waals surface area (Å²) < 4.78 is 40.4. The van der Waals surface area contributed by atoms with Crippen molar-refractivity contribution >= 4 is 0 Å². The average molecular weight is 296 g/mol. The topological polar surface area (TPSA) is 34.1 Å². The summed E-state index contributed by atoms with van der Waals surface area (Å²) in [4.78, 5) is 3.94. The van der Waals surface area contributed by atoms with E-state index in [9.17, 15) is 13.2 Å². The molecule has 1 aromatic carbocycles. The molecule has 0 amide bonds. The maximum atomic E-state index is 12.2. The van der Waals surface area contributed by atoms with Crippen molar-refractivity contribution in [3.05, 3.63) is 59.9 Å². The van der Waals surface area contributed by atoms with Gasteiger partial charge < -0.3 is 10.1 Å². The molecule has 0 aliphatic heterocycles. The molecule has 3 nitrogen and oxygen atoms in total. The smallest absolute Gasteiger partial charge is 0.406 e. The number of nitrogens with one attached hydrogen (secondary N) is 1. The van der Waals surface area contributed by atoms with Crippen LogP contribution in [0.15, 0.2) is 48.8 Å². The highest BCUT2D eigenvalue weighted by atomic mass is 19.4. The van der Waals surface area contributed by atoms with Crippen LogP contribution in [-0.4, -0.2) is 11.3 Å². The second kappa shape index (κ2) is 6.58. The second-order valence-electron chi connectivity index (χ2n) is 4.58. The minimum atomic E-state index is -4.67. The van der Waals surface area contributed by atoms with E-state index in [0.717, 1.165) is 11.1 Å². The van der Waals surface area contributed by atoms with Crippen molar-refractivity contribution < 1.29 is 17.9 Å². The summed E-state index contributed by atoms with van der Waals surface area (Å²) in [5, 5.41) is 3.24. The molecule has 0 bridgehead atoms. The van der Waals surface area contributed by atoms with Crippen LogP contribution >= 0.6 is 0 Å². The number of aromatic nitrogens is 1. The van der Waals surface area contributed by atoms with Crippen LogP contribution in [0.1, 0.15) is 24.1 Å². The maximum absolute atomic E-state index is 12.2. The summed E-state index contributed by atoms with van der Waals surface area (Å²) in [7, 11) is 0. The summed E-state index contributed by atoms with van der Waals surface area (Å²) in [5.74, 6) is -0.210. The quantitative estimate of drug-likeness (QED) is 0.910. The normalized spacial score (nSPS) is 13.0. The van der Waals surface area contributed by atoms with Gasteiger partial charge in [-0.1, -0.05) is 12.1 Å². The van der Waals surface area contributed by atoms with Gasteiger partial charge in [-0.05, 0) is 42.3 Å². The molecule has 0 spiro atoms. The lowest BCUT2D eigenvalue weighted by molar-refractivity contribution is -0.274. The maximum Gasteiger partial charge on any atom is 0.573 e. The molecule has 2 aromatic rings. The molecule has 0 aliphatic rings. The van der Waals surface area contributed by atoms with Crippen molar-refractivity contribution in [1.29, 1.82) is 0 Å². The van der Waals surface area contributed by atoms with Crippen LogP contribution in [0.2, 0.25) is 0 Å². The van der Waals surface area contributed by atoms with Crippen molar-refractivity contribution in [3.63, 3.8) is 0 Å². The van der Waals surface area contributed by atoms with Crippen molar-refractivity contribution in [1.82, 2.24) is 10.3 Å². The van der Waals surface area contributed by atoms with Gasteiger partial charge >= 0.3 is 6.36 Å². The van der Waals surface area contributed by atoms with Gasteiger partial charge in [0.25, 0.3) is 0 Å². The first-order chi connectivity index (χ1) is 9.94. The number of nitrogens with zero attached hydrogens (tertiary/aromatic N) is 1. The summed E-state index contributed by atoms with van der Waals surface area (Å²) >= 11 is 0. The minimum absolute atomic E-state index is 0.0696. The van der Waals surface area contributed by atoms with Gasteiger partial charge in [0.2, 0.25) is 0 Å². The predicted octanol–water partition coefficient (Wildman–Crippen LogP) is 3.83. The Balaban J connectivity index is 1.96. The van der Waals surface area contributed by atoms with Gasteiger partial charge in [0.1, 0.15) is 5.75 Å². The summed E-state index contributed by atoms with van der Waals surface area (Å²) in [6.07, 6.45) is -1.27. The van der Waals surface area contributed by atoms with Crippen LogP contribution in [0, 0.1) is 0 Å². The molecular formula is C15H15F3N2O. The van der Waals surface area contributed by atoms with E-state index in [1.165, 1.54) is 18.2 Å². The van der Waals surface area contributed by atoms with Crippen molar-refractivity contribution in [3.8, 4) is 5.75 Å². The fourth-order valence-corrected chi connectivity index (χ4v) is 1.89. The SMILES string of the molecule is C[C@H](NCc1cccc(OC(F)(F)F)c1)c1ccncc1. The molecule has 0 unspecified atom stereocenters. The number of hydrogen-bond acceptors (Lipinski definition) is 3. The fraction of sp³-hybridized carbons (Fsp3) is 0.267. The third kappa shape index (κ3) is 5.07. The number of benzene rings is 1. The Kier molecular flexibility index (Phi) is 4.80. The zero-order chi connectivity index (χ0) is 15.3. The Hall–Kier alpha value is -2.08. The van der Waals surface area contributed by atoms with E-state index in [2.05, 4.69) is 15.0 Å². The molecule has 0 aliphatic carbocycles. The van der Waals surface area contributed by atoms with E-state index in [1.54, 1.807) is 18.5 Å². The average Bonchev–Trinajstić information content (AvgIpc) is 2.44. The number of alkyl halides is 3. The Labute approximate surface area is 120 Å². The number of ether oxygens (including phenoxy) is 1. The molecule has 2 rings (SSSR count). The Morgan fingerprint density at radius 2 is 1.90 bits per heavy atom. The Morgan fingerprint density at radius 1 is 1.19 bits per heavy atom. The molecule has 0 fully saturated rings. The van der Waals surface area contributed by atoms with Crippen LogP contribution in [-0.2, 0) is 6.54 Å². The van der Waals surface area contributed by atoms with E-state index in [4.69, 9.17) is 0 Å². The first kappa shape index (κ1) is 15.3. The zero-order valence-electron chi connectivity index (χ0n) is 11.4. The van der Waals surface area contributed by atoms with Crippen LogP contribution in [0.25, 0.3) is 0 Å². The lowest BCUT2D eigenvalue weighted by atomic mass is 10.1. The van der Waals surface area contributed by atoms with E-state index < -0.39 is 6.36 Å². The van der Waals surface area contributed by atoms with Gasteiger partial charge in [-0.2, -0.15) is 0 Å². The third-order valence-electron chi connectivity index (χ3n) is 2.95. The Bertz CT molecular complexity index is 573.